The van der Waals surface area contributed by atoms with Gasteiger partial charge >= 0.3 is 5.97 Å². The summed E-state index contributed by atoms with van der Waals surface area (Å²) in [5.41, 5.74) is -0.397. The first kappa shape index (κ1) is 13.5. The number of carboxylic acid groups (broad SMARTS) is 1. The van der Waals surface area contributed by atoms with Gasteiger partial charge in [0.25, 0.3) is 0 Å². The van der Waals surface area contributed by atoms with E-state index in [-0.39, 0.29) is 0 Å². The minimum Gasteiger partial charge on any atom is -0.497 e. The minimum absolute atomic E-state index is 0.368. The summed E-state index contributed by atoms with van der Waals surface area (Å²) in [7, 11) is 1.58. The fourth-order valence-corrected chi connectivity index (χ4v) is 1.24. The largest absolute Gasteiger partial charge is 0.497 e. The number of benzene rings is 1. The van der Waals surface area contributed by atoms with Crippen LogP contribution in [0, 0.1) is 0 Å². The SMILES string of the molecule is COc1ccc(CNC(C)(CO)C(=O)O)cc1. The molecule has 0 bridgehead atoms. The summed E-state index contributed by atoms with van der Waals surface area (Å²) in [6.07, 6.45) is 0. The minimum atomic E-state index is -1.32. The van der Waals surface area contributed by atoms with E-state index in [9.17, 15) is 4.79 Å². The number of aliphatic hydroxyl groups excluding tert-OH is 1. The van der Waals surface area contributed by atoms with Crippen molar-refractivity contribution in [1.82, 2.24) is 5.32 Å². The summed E-state index contributed by atoms with van der Waals surface area (Å²) in [5, 5.41) is 20.8. The fraction of sp³-hybridized carbons (Fsp3) is 0.417. The summed E-state index contributed by atoms with van der Waals surface area (Å²) in [6.45, 7) is 1.35. The first-order valence-corrected chi connectivity index (χ1v) is 5.24. The van der Waals surface area contributed by atoms with Gasteiger partial charge in [-0.1, -0.05) is 12.1 Å². The third-order valence-electron chi connectivity index (χ3n) is 2.63. The first-order chi connectivity index (χ1) is 8.01. The van der Waals surface area contributed by atoms with Gasteiger partial charge in [-0.2, -0.15) is 0 Å². The van der Waals surface area contributed by atoms with E-state index in [1.54, 1.807) is 19.2 Å². The lowest BCUT2D eigenvalue weighted by molar-refractivity contribution is -0.145. The van der Waals surface area contributed by atoms with Gasteiger partial charge in [-0.15, -0.1) is 0 Å². The predicted octanol–water partition coefficient (Wildman–Crippen LogP) is 0.620. The molecular weight excluding hydrogens is 222 g/mol. The van der Waals surface area contributed by atoms with E-state index in [4.69, 9.17) is 14.9 Å². The molecule has 0 radical (unpaired) electrons. The number of hydrogen-bond donors (Lipinski definition) is 3. The van der Waals surface area contributed by atoms with E-state index in [1.165, 1.54) is 6.92 Å². The maximum atomic E-state index is 10.9. The van der Waals surface area contributed by atoms with Crippen LogP contribution < -0.4 is 10.1 Å². The van der Waals surface area contributed by atoms with Gasteiger partial charge in [-0.05, 0) is 24.6 Å². The van der Waals surface area contributed by atoms with Gasteiger partial charge in [0.05, 0.1) is 13.7 Å². The third-order valence-corrected chi connectivity index (χ3v) is 2.63. The van der Waals surface area contributed by atoms with Gasteiger partial charge in [0.15, 0.2) is 0 Å². The molecule has 0 saturated heterocycles. The molecule has 0 aliphatic rings. The van der Waals surface area contributed by atoms with Crippen molar-refractivity contribution in [3.05, 3.63) is 29.8 Å². The van der Waals surface area contributed by atoms with Gasteiger partial charge in [0.1, 0.15) is 11.3 Å². The zero-order chi connectivity index (χ0) is 12.9. The molecule has 1 rings (SSSR count). The molecule has 1 aromatic carbocycles. The van der Waals surface area contributed by atoms with Crippen molar-refractivity contribution in [2.45, 2.75) is 19.0 Å². The van der Waals surface area contributed by atoms with E-state index < -0.39 is 18.1 Å². The molecule has 0 aliphatic heterocycles. The number of methoxy groups -OCH3 is 1. The molecule has 0 saturated carbocycles. The van der Waals surface area contributed by atoms with Gasteiger partial charge in [0.2, 0.25) is 0 Å². The Hall–Kier alpha value is -1.59. The smallest absolute Gasteiger partial charge is 0.326 e. The van der Waals surface area contributed by atoms with Crippen LogP contribution in [0.15, 0.2) is 24.3 Å². The lowest BCUT2D eigenvalue weighted by Crippen LogP contribution is -2.52. The van der Waals surface area contributed by atoms with Crippen LogP contribution in [-0.4, -0.2) is 35.4 Å². The van der Waals surface area contributed by atoms with Crippen molar-refractivity contribution in [3.8, 4) is 5.75 Å². The molecule has 17 heavy (non-hydrogen) atoms. The molecule has 0 fully saturated rings. The van der Waals surface area contributed by atoms with Crippen LogP contribution in [0.5, 0.6) is 5.75 Å². The summed E-state index contributed by atoms with van der Waals surface area (Å²) in [6, 6.07) is 7.28. The quantitative estimate of drug-likeness (QED) is 0.678. The monoisotopic (exact) mass is 239 g/mol. The number of aliphatic carboxylic acids is 1. The first-order valence-electron chi connectivity index (χ1n) is 5.24. The molecule has 0 spiro atoms. The molecule has 94 valence electrons. The van der Waals surface area contributed by atoms with Crippen LogP contribution in [-0.2, 0) is 11.3 Å². The number of hydrogen-bond acceptors (Lipinski definition) is 4. The highest BCUT2D eigenvalue weighted by molar-refractivity contribution is 5.78. The zero-order valence-corrected chi connectivity index (χ0v) is 9.93. The maximum Gasteiger partial charge on any atom is 0.326 e. The number of carbonyl (C=O) groups is 1. The second-order valence-electron chi connectivity index (χ2n) is 4.00. The van der Waals surface area contributed by atoms with E-state index in [0.29, 0.717) is 6.54 Å². The molecule has 1 aromatic rings. The molecule has 1 unspecified atom stereocenters. The normalized spacial score (nSPS) is 14.1. The Labute approximate surface area is 100 Å². The van der Waals surface area contributed by atoms with Crippen molar-refractivity contribution in [2.24, 2.45) is 0 Å². The van der Waals surface area contributed by atoms with Crippen LogP contribution >= 0.6 is 0 Å². The Morgan fingerprint density at radius 1 is 1.41 bits per heavy atom. The molecule has 1 atom stereocenters. The van der Waals surface area contributed by atoms with E-state index >= 15 is 0 Å². The molecule has 0 aliphatic carbocycles. The zero-order valence-electron chi connectivity index (χ0n) is 9.93. The average molecular weight is 239 g/mol. The third kappa shape index (κ3) is 3.44. The molecule has 0 heterocycles. The molecule has 0 amide bonds. The van der Waals surface area contributed by atoms with Gasteiger partial charge < -0.3 is 14.9 Å². The summed E-state index contributed by atoms with van der Waals surface area (Å²) >= 11 is 0. The average Bonchev–Trinajstić information content (AvgIpc) is 2.36. The van der Waals surface area contributed by atoms with Crippen molar-refractivity contribution in [3.63, 3.8) is 0 Å². The topological polar surface area (TPSA) is 78.8 Å². The van der Waals surface area contributed by atoms with Crippen LogP contribution in [0.4, 0.5) is 0 Å². The molecule has 5 nitrogen and oxygen atoms in total. The Bertz CT molecular complexity index is 377. The Morgan fingerprint density at radius 3 is 2.41 bits per heavy atom. The molecular formula is C12H17NO4. The standard InChI is InChI=1S/C12H17NO4/c1-12(8-14,11(15)16)13-7-9-3-5-10(17-2)6-4-9/h3-6,13-14H,7-8H2,1-2H3,(H,15,16). The van der Waals surface area contributed by atoms with E-state index in [2.05, 4.69) is 5.32 Å². The lowest BCUT2D eigenvalue weighted by Gasteiger charge is -2.23. The van der Waals surface area contributed by atoms with Crippen LogP contribution in [0.2, 0.25) is 0 Å². The lowest BCUT2D eigenvalue weighted by atomic mass is 10.0. The summed E-state index contributed by atoms with van der Waals surface area (Å²) in [4.78, 5) is 10.9. The van der Waals surface area contributed by atoms with Crippen molar-refractivity contribution < 1.29 is 19.7 Å². The van der Waals surface area contributed by atoms with Crippen LogP contribution in [0.1, 0.15) is 12.5 Å². The molecule has 3 N–H and O–H groups in total. The number of ether oxygens (including phenoxy) is 1. The van der Waals surface area contributed by atoms with Crippen molar-refractivity contribution >= 4 is 5.97 Å². The molecule has 5 heteroatoms. The summed E-state index contributed by atoms with van der Waals surface area (Å²) < 4.78 is 5.02. The fourth-order valence-electron chi connectivity index (χ4n) is 1.24. The second-order valence-corrected chi connectivity index (χ2v) is 4.00. The number of aliphatic hydroxyl groups is 1. The number of rotatable bonds is 6. The predicted molar refractivity (Wildman–Crippen MR) is 63.0 cm³/mol. The van der Waals surface area contributed by atoms with Crippen LogP contribution in [0.25, 0.3) is 0 Å². The molecule has 0 aromatic heterocycles. The van der Waals surface area contributed by atoms with Crippen molar-refractivity contribution in [2.75, 3.05) is 13.7 Å². The summed E-state index contributed by atoms with van der Waals surface area (Å²) in [5.74, 6) is -0.328. The highest BCUT2D eigenvalue weighted by Crippen LogP contribution is 2.12. The van der Waals surface area contributed by atoms with Gasteiger partial charge in [-0.25, -0.2) is 0 Å². The highest BCUT2D eigenvalue weighted by atomic mass is 16.5. The second kappa shape index (κ2) is 5.65. The highest BCUT2D eigenvalue weighted by Gasteiger charge is 2.31. The Balaban J connectivity index is 2.63. The van der Waals surface area contributed by atoms with Crippen LogP contribution in [0.3, 0.4) is 0 Å². The van der Waals surface area contributed by atoms with Crippen molar-refractivity contribution in [1.29, 1.82) is 0 Å². The van der Waals surface area contributed by atoms with Gasteiger partial charge in [-0.3, -0.25) is 10.1 Å². The maximum absolute atomic E-state index is 10.9. The number of nitrogens with one attached hydrogen (secondary N) is 1. The van der Waals surface area contributed by atoms with Gasteiger partial charge in [0, 0.05) is 6.54 Å². The van der Waals surface area contributed by atoms with E-state index in [0.717, 1.165) is 11.3 Å². The Morgan fingerprint density at radius 2 is 2.00 bits per heavy atom. The van der Waals surface area contributed by atoms with E-state index in [1.807, 2.05) is 12.1 Å². The number of carboxylic acids is 1. The Kier molecular flexibility index (Phi) is 4.48.